The van der Waals surface area contributed by atoms with Gasteiger partial charge in [-0.25, -0.2) is 0 Å². The third-order valence-corrected chi connectivity index (χ3v) is 4.29. The van der Waals surface area contributed by atoms with Crippen molar-refractivity contribution in [3.63, 3.8) is 0 Å². The fraction of sp³-hybridized carbons (Fsp3) is 0.667. The summed E-state index contributed by atoms with van der Waals surface area (Å²) in [6, 6.07) is 0.206. The maximum atomic E-state index is 12.5. The van der Waals surface area contributed by atoms with Gasteiger partial charge in [-0.05, 0) is 39.5 Å². The average Bonchev–Trinajstić information content (AvgIpc) is 2.70. The van der Waals surface area contributed by atoms with Gasteiger partial charge in [0.15, 0.2) is 0 Å². The number of piperidine rings is 1. The van der Waals surface area contributed by atoms with E-state index in [-0.39, 0.29) is 11.9 Å². The van der Waals surface area contributed by atoms with Crippen molar-refractivity contribution in [2.75, 3.05) is 6.54 Å². The van der Waals surface area contributed by atoms with Crippen LogP contribution in [0.5, 0.6) is 0 Å². The Morgan fingerprint density at radius 2 is 2.00 bits per heavy atom. The monoisotopic (exact) mass is 277 g/mol. The molecule has 1 fully saturated rings. The average molecular weight is 277 g/mol. The summed E-state index contributed by atoms with van der Waals surface area (Å²) in [5.74, 6) is -0.774. The maximum absolute atomic E-state index is 12.5. The molecular formula is C15H23N3O2. The van der Waals surface area contributed by atoms with Crippen LogP contribution < -0.4 is 0 Å². The zero-order valence-corrected chi connectivity index (χ0v) is 12.8. The lowest BCUT2D eigenvalue weighted by Crippen LogP contribution is -2.46. The van der Waals surface area contributed by atoms with E-state index in [2.05, 4.69) is 12.0 Å². The van der Waals surface area contributed by atoms with Crippen molar-refractivity contribution >= 4 is 11.7 Å². The molecule has 1 aromatic rings. The van der Waals surface area contributed by atoms with Crippen LogP contribution in [0.3, 0.4) is 0 Å². The molecule has 5 nitrogen and oxygen atoms in total. The van der Waals surface area contributed by atoms with Gasteiger partial charge in [0, 0.05) is 25.3 Å². The molecule has 1 aliphatic heterocycles. The summed E-state index contributed by atoms with van der Waals surface area (Å²) in [6.07, 6.45) is 4.03. The maximum Gasteiger partial charge on any atom is 0.295 e. The molecule has 2 heterocycles. The van der Waals surface area contributed by atoms with Crippen molar-refractivity contribution in [3.8, 4) is 0 Å². The van der Waals surface area contributed by atoms with Crippen molar-refractivity contribution in [1.29, 1.82) is 0 Å². The number of nitrogens with zero attached hydrogens (tertiary/aromatic N) is 3. The van der Waals surface area contributed by atoms with Crippen LogP contribution >= 0.6 is 0 Å². The second kappa shape index (κ2) is 5.77. The standard InChI is InChI=1S/C15H23N3O2/c1-5-12-8-6-7-9-18(12)15(20)14(19)13-10(2)16-17(4)11(13)3/h12H,5-9H2,1-4H3/t12-/m1/s1. The summed E-state index contributed by atoms with van der Waals surface area (Å²) >= 11 is 0. The highest BCUT2D eigenvalue weighted by Crippen LogP contribution is 2.22. The first-order chi connectivity index (χ1) is 9.47. The number of amides is 1. The highest BCUT2D eigenvalue weighted by atomic mass is 16.2. The smallest absolute Gasteiger partial charge is 0.295 e. The second-order valence-electron chi connectivity index (χ2n) is 5.55. The van der Waals surface area contributed by atoms with E-state index in [4.69, 9.17) is 0 Å². The minimum absolute atomic E-state index is 0.206. The van der Waals surface area contributed by atoms with Gasteiger partial charge in [-0.1, -0.05) is 6.92 Å². The predicted molar refractivity (Wildman–Crippen MR) is 76.7 cm³/mol. The highest BCUT2D eigenvalue weighted by Gasteiger charge is 2.32. The number of rotatable bonds is 3. The van der Waals surface area contributed by atoms with Crippen molar-refractivity contribution in [2.24, 2.45) is 7.05 Å². The normalized spacial score (nSPS) is 19.2. The highest BCUT2D eigenvalue weighted by molar-refractivity contribution is 6.43. The summed E-state index contributed by atoms with van der Waals surface area (Å²) in [5.41, 5.74) is 1.86. The molecule has 110 valence electrons. The number of Topliss-reactive ketones (excluding diaryl/α,β-unsaturated/α-hetero) is 1. The molecule has 0 aliphatic carbocycles. The zero-order chi connectivity index (χ0) is 14.9. The van der Waals surface area contributed by atoms with Crippen molar-refractivity contribution in [1.82, 2.24) is 14.7 Å². The Morgan fingerprint density at radius 3 is 2.55 bits per heavy atom. The number of carbonyl (C=O) groups excluding carboxylic acids is 2. The molecule has 2 rings (SSSR count). The fourth-order valence-electron chi connectivity index (χ4n) is 3.03. The summed E-state index contributed by atoms with van der Waals surface area (Å²) in [6.45, 7) is 6.37. The summed E-state index contributed by atoms with van der Waals surface area (Å²) in [5, 5.41) is 4.22. The molecule has 1 aromatic heterocycles. The Balaban J connectivity index is 2.26. The molecule has 0 N–H and O–H groups in total. The Morgan fingerprint density at radius 1 is 1.30 bits per heavy atom. The minimum atomic E-state index is -0.409. The van der Waals surface area contributed by atoms with E-state index in [0.29, 0.717) is 17.8 Å². The number of likely N-dealkylation sites (tertiary alicyclic amines) is 1. The molecule has 1 aliphatic rings. The number of aryl methyl sites for hydroxylation is 2. The Kier molecular flexibility index (Phi) is 4.26. The molecule has 20 heavy (non-hydrogen) atoms. The van der Waals surface area contributed by atoms with Crippen molar-refractivity contribution in [2.45, 2.75) is 52.5 Å². The predicted octanol–water partition coefficient (Wildman–Crippen LogP) is 2.01. The van der Waals surface area contributed by atoms with E-state index < -0.39 is 5.78 Å². The second-order valence-corrected chi connectivity index (χ2v) is 5.55. The van der Waals surface area contributed by atoms with Gasteiger partial charge >= 0.3 is 0 Å². The number of hydrogen-bond donors (Lipinski definition) is 0. The molecule has 1 saturated heterocycles. The van der Waals surface area contributed by atoms with Gasteiger partial charge in [0.05, 0.1) is 11.3 Å². The largest absolute Gasteiger partial charge is 0.333 e. The lowest BCUT2D eigenvalue weighted by Gasteiger charge is -2.34. The Labute approximate surface area is 119 Å². The molecule has 0 aromatic carbocycles. The van der Waals surface area contributed by atoms with Crippen molar-refractivity contribution < 1.29 is 9.59 Å². The van der Waals surface area contributed by atoms with Gasteiger partial charge in [-0.3, -0.25) is 14.3 Å². The van der Waals surface area contributed by atoms with E-state index in [1.165, 1.54) is 0 Å². The van der Waals surface area contributed by atoms with E-state index in [0.717, 1.165) is 31.4 Å². The van der Waals surface area contributed by atoms with E-state index in [1.54, 1.807) is 23.6 Å². The number of hydrogen-bond acceptors (Lipinski definition) is 3. The van der Waals surface area contributed by atoms with Crippen LogP contribution in [0.1, 0.15) is 54.4 Å². The molecule has 5 heteroatoms. The van der Waals surface area contributed by atoms with Crippen LogP contribution in [0.15, 0.2) is 0 Å². The van der Waals surface area contributed by atoms with Gasteiger partial charge in [0.25, 0.3) is 11.7 Å². The lowest BCUT2D eigenvalue weighted by atomic mass is 9.98. The number of carbonyl (C=O) groups is 2. The minimum Gasteiger partial charge on any atom is -0.333 e. The lowest BCUT2D eigenvalue weighted by molar-refractivity contribution is -0.130. The van der Waals surface area contributed by atoms with E-state index in [1.807, 2.05) is 6.92 Å². The number of ketones is 1. The zero-order valence-electron chi connectivity index (χ0n) is 12.8. The first-order valence-corrected chi connectivity index (χ1v) is 7.32. The van der Waals surface area contributed by atoms with Crippen LogP contribution in [-0.2, 0) is 11.8 Å². The molecule has 0 radical (unpaired) electrons. The quantitative estimate of drug-likeness (QED) is 0.627. The van der Waals surface area contributed by atoms with Gasteiger partial charge in [-0.2, -0.15) is 5.10 Å². The van der Waals surface area contributed by atoms with E-state index in [9.17, 15) is 9.59 Å². The molecule has 1 atom stereocenters. The third kappa shape index (κ3) is 2.49. The molecule has 0 bridgehead atoms. The van der Waals surface area contributed by atoms with Gasteiger partial charge < -0.3 is 4.90 Å². The Hall–Kier alpha value is -1.65. The van der Waals surface area contributed by atoms with E-state index >= 15 is 0 Å². The fourth-order valence-corrected chi connectivity index (χ4v) is 3.03. The molecule has 1 amide bonds. The first kappa shape index (κ1) is 14.8. The number of aromatic nitrogens is 2. The Bertz CT molecular complexity index is 533. The molecule has 0 saturated carbocycles. The summed E-state index contributed by atoms with van der Waals surface area (Å²) in [4.78, 5) is 26.8. The molecule has 0 spiro atoms. The van der Waals surface area contributed by atoms with Crippen molar-refractivity contribution in [3.05, 3.63) is 17.0 Å². The van der Waals surface area contributed by atoms with Gasteiger partial charge in [-0.15, -0.1) is 0 Å². The topological polar surface area (TPSA) is 55.2 Å². The van der Waals surface area contributed by atoms with Crippen LogP contribution in [0.2, 0.25) is 0 Å². The summed E-state index contributed by atoms with van der Waals surface area (Å²) in [7, 11) is 1.79. The van der Waals surface area contributed by atoms with Crippen LogP contribution in [0.4, 0.5) is 0 Å². The molecule has 0 unspecified atom stereocenters. The third-order valence-electron chi connectivity index (χ3n) is 4.29. The van der Waals surface area contributed by atoms with Crippen LogP contribution in [0.25, 0.3) is 0 Å². The molecular weight excluding hydrogens is 254 g/mol. The van der Waals surface area contributed by atoms with Crippen LogP contribution in [-0.4, -0.2) is 39.0 Å². The SMILES string of the molecule is CC[C@@H]1CCCCN1C(=O)C(=O)c1c(C)nn(C)c1C. The van der Waals surface area contributed by atoms with Gasteiger partial charge in [0.2, 0.25) is 0 Å². The first-order valence-electron chi connectivity index (χ1n) is 7.32. The van der Waals surface area contributed by atoms with Gasteiger partial charge in [0.1, 0.15) is 0 Å². The summed E-state index contributed by atoms with van der Waals surface area (Å²) < 4.78 is 1.66. The van der Waals surface area contributed by atoms with Crippen LogP contribution in [0, 0.1) is 13.8 Å².